The van der Waals surface area contributed by atoms with Crippen molar-refractivity contribution in [3.63, 3.8) is 0 Å². The van der Waals surface area contributed by atoms with Gasteiger partial charge in [0.15, 0.2) is 0 Å². The summed E-state index contributed by atoms with van der Waals surface area (Å²) < 4.78 is 5.76. The van der Waals surface area contributed by atoms with Crippen LogP contribution in [0.4, 0.5) is 0 Å². The van der Waals surface area contributed by atoms with Gasteiger partial charge in [-0.2, -0.15) is 0 Å². The Balaban J connectivity index is 1.68. The molecule has 7 rings (SSSR count). The Morgan fingerprint density at radius 2 is 1.15 bits per heavy atom. The van der Waals surface area contributed by atoms with Crippen molar-refractivity contribution in [2.24, 2.45) is 0 Å². The van der Waals surface area contributed by atoms with Gasteiger partial charge in [0.25, 0.3) is 0 Å². The third kappa shape index (κ3) is 2.48. The first-order valence-corrected chi connectivity index (χ1v) is 12.1. The van der Waals surface area contributed by atoms with Crippen molar-refractivity contribution in [1.29, 1.82) is 0 Å². The van der Waals surface area contributed by atoms with E-state index >= 15 is 0 Å². The Morgan fingerprint density at radius 1 is 0.647 bits per heavy atom. The predicted octanol–water partition coefficient (Wildman–Crippen LogP) is 7.55. The van der Waals surface area contributed by atoms with Gasteiger partial charge in [0.1, 0.15) is 0 Å². The van der Waals surface area contributed by atoms with Gasteiger partial charge in [0, 0.05) is 11.8 Å². The first-order valence-electron chi connectivity index (χ1n) is 12.1. The highest BCUT2D eigenvalue weighted by atomic mass is 16.5. The fourth-order valence-corrected chi connectivity index (χ4v) is 6.67. The van der Waals surface area contributed by atoms with Crippen LogP contribution in [0, 0.1) is 0 Å². The van der Waals surface area contributed by atoms with Crippen molar-refractivity contribution in [2.75, 3.05) is 6.61 Å². The number of carbonyl (C=O) groups excluding carboxylic acids is 1. The minimum atomic E-state index is -0.344. The quantitative estimate of drug-likeness (QED) is 0.209. The topological polar surface area (TPSA) is 26.3 Å². The highest BCUT2D eigenvalue weighted by Gasteiger charge is 2.51. The summed E-state index contributed by atoms with van der Waals surface area (Å²) in [6.07, 6.45) is 0. The van der Waals surface area contributed by atoms with Crippen molar-refractivity contribution in [3.05, 3.63) is 119 Å². The molecule has 3 unspecified atom stereocenters. The average Bonchev–Trinajstić information content (AvgIpc) is 3.26. The second-order valence-corrected chi connectivity index (χ2v) is 9.33. The normalized spacial score (nSPS) is 19.9. The molecule has 0 saturated heterocycles. The van der Waals surface area contributed by atoms with E-state index in [1.54, 1.807) is 0 Å². The molecule has 2 aliphatic carbocycles. The second-order valence-electron chi connectivity index (χ2n) is 9.33. The molecule has 0 bridgehead atoms. The number of carbonyl (C=O) groups is 1. The summed E-state index contributed by atoms with van der Waals surface area (Å²) >= 11 is 0. The summed E-state index contributed by atoms with van der Waals surface area (Å²) in [7, 11) is 0. The molecule has 2 heteroatoms. The Labute approximate surface area is 198 Å². The summed E-state index contributed by atoms with van der Waals surface area (Å²) in [6.45, 7) is 2.28. The van der Waals surface area contributed by atoms with Crippen molar-refractivity contribution in [3.8, 4) is 11.1 Å². The van der Waals surface area contributed by atoms with Crippen LogP contribution in [0.5, 0.6) is 0 Å². The maximum atomic E-state index is 13.7. The summed E-state index contributed by atoms with van der Waals surface area (Å²) in [4.78, 5) is 13.7. The number of rotatable bonds is 2. The third-order valence-electron chi connectivity index (χ3n) is 7.80. The van der Waals surface area contributed by atoms with Crippen LogP contribution in [0.2, 0.25) is 0 Å². The van der Waals surface area contributed by atoms with E-state index in [-0.39, 0.29) is 23.7 Å². The first kappa shape index (κ1) is 19.5. The van der Waals surface area contributed by atoms with Gasteiger partial charge in [0.2, 0.25) is 0 Å². The molecule has 0 radical (unpaired) electrons. The lowest BCUT2D eigenvalue weighted by Gasteiger charge is -2.33. The Kier molecular flexibility index (Phi) is 4.20. The van der Waals surface area contributed by atoms with Gasteiger partial charge in [-0.25, -0.2) is 0 Å². The largest absolute Gasteiger partial charge is 0.466 e. The molecule has 3 atom stereocenters. The molecule has 0 heterocycles. The lowest BCUT2D eigenvalue weighted by atomic mass is 9.69. The molecule has 0 amide bonds. The lowest BCUT2D eigenvalue weighted by Crippen LogP contribution is -2.24. The molecule has 0 fully saturated rings. The fraction of sp³-hybridized carbons (Fsp3) is 0.156. The molecule has 2 nitrogen and oxygen atoms in total. The molecular formula is C32H24O2. The Bertz CT molecular complexity index is 1610. The summed E-state index contributed by atoms with van der Waals surface area (Å²) in [5.74, 6) is -0.353. The minimum Gasteiger partial charge on any atom is -0.466 e. The number of esters is 1. The van der Waals surface area contributed by atoms with Gasteiger partial charge in [-0.15, -0.1) is 0 Å². The molecular weight excluding hydrogens is 416 g/mol. The van der Waals surface area contributed by atoms with Gasteiger partial charge >= 0.3 is 5.97 Å². The maximum absolute atomic E-state index is 13.7. The molecule has 5 aromatic carbocycles. The molecule has 34 heavy (non-hydrogen) atoms. The fourth-order valence-electron chi connectivity index (χ4n) is 6.67. The van der Waals surface area contributed by atoms with Crippen molar-refractivity contribution in [1.82, 2.24) is 0 Å². The first-order chi connectivity index (χ1) is 16.8. The van der Waals surface area contributed by atoms with Crippen LogP contribution >= 0.6 is 0 Å². The molecule has 0 aromatic heterocycles. The van der Waals surface area contributed by atoms with Crippen LogP contribution in [0.25, 0.3) is 32.7 Å². The van der Waals surface area contributed by atoms with Crippen LogP contribution in [-0.2, 0) is 9.53 Å². The van der Waals surface area contributed by atoms with Gasteiger partial charge in [-0.3, -0.25) is 4.79 Å². The number of benzene rings is 5. The van der Waals surface area contributed by atoms with Crippen LogP contribution in [-0.4, -0.2) is 12.6 Å². The van der Waals surface area contributed by atoms with E-state index in [0.29, 0.717) is 6.61 Å². The van der Waals surface area contributed by atoms with E-state index in [9.17, 15) is 4.79 Å². The molecule has 0 aliphatic heterocycles. The van der Waals surface area contributed by atoms with Crippen LogP contribution in [0.3, 0.4) is 0 Å². The van der Waals surface area contributed by atoms with E-state index in [2.05, 4.69) is 97.1 Å². The Morgan fingerprint density at radius 3 is 1.79 bits per heavy atom. The summed E-state index contributed by atoms with van der Waals surface area (Å²) in [6, 6.07) is 34.6. The van der Waals surface area contributed by atoms with E-state index in [0.717, 1.165) is 5.56 Å². The van der Waals surface area contributed by atoms with Gasteiger partial charge < -0.3 is 4.74 Å². The molecule has 5 aromatic rings. The zero-order chi connectivity index (χ0) is 22.8. The summed E-state index contributed by atoms with van der Waals surface area (Å²) in [5, 5.41) is 4.86. The molecule has 0 N–H and O–H groups in total. The second kappa shape index (κ2) is 7.30. The zero-order valence-corrected chi connectivity index (χ0v) is 19.0. The van der Waals surface area contributed by atoms with Crippen LogP contribution in [0.1, 0.15) is 46.9 Å². The van der Waals surface area contributed by atoms with E-state index in [1.165, 1.54) is 49.4 Å². The zero-order valence-electron chi connectivity index (χ0n) is 19.0. The standard InChI is InChI=1S/C32H24O2/c1-2-34-32(33)31-29-25-17-9-5-13-21(25)19-11-3-7-15-23(19)27(29)28-24-16-8-4-12-20(24)22-14-6-10-18-26(22)30(28)31/h3-18,27,29,31H,2H2,1H3. The average molecular weight is 441 g/mol. The van der Waals surface area contributed by atoms with E-state index in [4.69, 9.17) is 4.74 Å². The number of hydrogen-bond acceptors (Lipinski definition) is 2. The van der Waals surface area contributed by atoms with E-state index < -0.39 is 0 Å². The minimum absolute atomic E-state index is 0.00867. The van der Waals surface area contributed by atoms with E-state index in [1.807, 2.05) is 6.92 Å². The SMILES string of the molecule is CCOC(=O)C1c2c(c3ccccc3c3ccccc23)C2c3ccccc3-c3ccccc3C12. The van der Waals surface area contributed by atoms with Crippen molar-refractivity contribution in [2.45, 2.75) is 24.7 Å². The Hall–Kier alpha value is -3.91. The molecule has 0 saturated carbocycles. The number of ether oxygens (including phenoxy) is 1. The highest BCUT2D eigenvalue weighted by molar-refractivity contribution is 6.13. The van der Waals surface area contributed by atoms with Crippen molar-refractivity contribution < 1.29 is 9.53 Å². The smallest absolute Gasteiger partial charge is 0.314 e. The van der Waals surface area contributed by atoms with Gasteiger partial charge in [-0.1, -0.05) is 97.1 Å². The van der Waals surface area contributed by atoms with Crippen molar-refractivity contribution >= 4 is 27.5 Å². The predicted molar refractivity (Wildman–Crippen MR) is 137 cm³/mol. The van der Waals surface area contributed by atoms with Crippen LogP contribution in [0.15, 0.2) is 97.1 Å². The molecule has 2 aliphatic rings. The highest BCUT2D eigenvalue weighted by Crippen LogP contribution is 2.63. The third-order valence-corrected chi connectivity index (χ3v) is 7.80. The summed E-state index contributed by atoms with van der Waals surface area (Å²) in [5.41, 5.74) is 7.49. The number of hydrogen-bond donors (Lipinski definition) is 0. The lowest BCUT2D eigenvalue weighted by molar-refractivity contribution is -0.145. The van der Waals surface area contributed by atoms with Crippen LogP contribution < -0.4 is 0 Å². The van der Waals surface area contributed by atoms with Gasteiger partial charge in [0.05, 0.1) is 12.5 Å². The number of fused-ring (bicyclic) bond motifs is 13. The molecule has 164 valence electrons. The maximum Gasteiger partial charge on any atom is 0.314 e. The monoisotopic (exact) mass is 440 g/mol. The molecule has 0 spiro atoms. The van der Waals surface area contributed by atoms with Gasteiger partial charge in [-0.05, 0) is 61.8 Å².